The van der Waals surface area contributed by atoms with Crippen LogP contribution >= 0.6 is 23.5 Å². The summed E-state index contributed by atoms with van der Waals surface area (Å²) in [5, 5.41) is 0. The first-order chi connectivity index (χ1) is 6.77. The smallest absolute Gasteiger partial charge is 0.0164 e. The summed E-state index contributed by atoms with van der Waals surface area (Å²) in [6.07, 6.45) is 1.12. The summed E-state index contributed by atoms with van der Waals surface area (Å²) in [7, 11) is 0. The third-order valence-corrected chi connectivity index (χ3v) is 4.75. The molecule has 3 radical (unpaired) electrons. The van der Waals surface area contributed by atoms with E-state index < -0.39 is 0 Å². The van der Waals surface area contributed by atoms with Crippen molar-refractivity contribution in [3.63, 3.8) is 0 Å². The summed E-state index contributed by atoms with van der Waals surface area (Å²) >= 11 is 3.89. The summed E-state index contributed by atoms with van der Waals surface area (Å²) in [5.74, 6) is 4.58. The van der Waals surface area contributed by atoms with Crippen molar-refractivity contribution >= 4 is 23.5 Å². The molecule has 5 heteroatoms. The second kappa shape index (κ2) is 11.8. The van der Waals surface area contributed by atoms with E-state index in [2.05, 4.69) is 43.6 Å². The van der Waals surface area contributed by atoms with E-state index in [-0.39, 0.29) is 98.1 Å². The van der Waals surface area contributed by atoms with Crippen molar-refractivity contribution in [2.75, 3.05) is 0 Å². The van der Waals surface area contributed by atoms with Gasteiger partial charge in [0.2, 0.25) is 0 Å². The molecular weight excluding hydrogens is 475 g/mol. The summed E-state index contributed by atoms with van der Waals surface area (Å²) in [6, 6.07) is 6.74. The molecule has 0 saturated carbocycles. The van der Waals surface area contributed by atoms with Crippen molar-refractivity contribution in [3.8, 4) is 0 Å². The molecule has 17 heavy (non-hydrogen) atoms. The van der Waals surface area contributed by atoms with Crippen molar-refractivity contribution < 1.29 is 98.1 Å². The van der Waals surface area contributed by atoms with Crippen LogP contribution in [0.5, 0.6) is 0 Å². The normalized spacial score (nSPS) is 15.2. The van der Waals surface area contributed by atoms with E-state index in [1.54, 1.807) is 0 Å². The number of rotatable bonds is 1. The first-order valence-electron chi connectivity index (χ1n) is 4.79. The molecule has 0 aromatic heterocycles. The molecule has 0 atom stereocenters. The zero-order valence-corrected chi connectivity index (χ0v) is 20.4. The molecule has 0 unspecified atom stereocenters. The number of benzene rings is 1. The Kier molecular flexibility index (Phi) is 15.7. The van der Waals surface area contributed by atoms with E-state index in [0.29, 0.717) is 4.58 Å². The topological polar surface area (TPSA) is 0 Å². The average molecular weight is 489 g/mol. The molecule has 0 N–H and O–H groups in total. The van der Waals surface area contributed by atoms with Crippen molar-refractivity contribution in [2.45, 2.75) is 24.9 Å². The number of thioether (sulfide) groups is 2. The standard InChI is InChI=1S/C12H14S2.3Y/c1-9-4-5-11(10(2)8-9)12-13-6-3-7-14-12;;;/h4-8,12H,3H2,1-2H3;;;/q-2;;;. The Morgan fingerprint density at radius 2 is 1.65 bits per heavy atom. The molecule has 1 aliphatic rings. The zero-order valence-electron chi connectivity index (χ0n) is 10.2. The summed E-state index contributed by atoms with van der Waals surface area (Å²) < 4.78 is 0.573. The Balaban J connectivity index is 0. The third-order valence-electron chi connectivity index (χ3n) is 2.31. The summed E-state index contributed by atoms with van der Waals surface area (Å²) in [4.78, 5) is 0. The second-order valence-corrected chi connectivity index (χ2v) is 5.99. The van der Waals surface area contributed by atoms with Crippen LogP contribution in [-0.2, 0) is 98.1 Å². The van der Waals surface area contributed by atoms with E-state index in [9.17, 15) is 0 Å². The molecular formula is C12H14S2Y3-2. The van der Waals surface area contributed by atoms with Gasteiger partial charge >= 0.3 is 0 Å². The Labute approximate surface area is 189 Å². The Morgan fingerprint density at radius 3 is 2.18 bits per heavy atom. The molecule has 1 saturated heterocycles. The molecule has 1 aromatic carbocycles. The minimum Gasteiger partial charge on any atom is -0.338 e. The van der Waals surface area contributed by atoms with Gasteiger partial charge in [-0.1, -0.05) is 23.8 Å². The maximum atomic E-state index is 2.29. The van der Waals surface area contributed by atoms with E-state index in [4.69, 9.17) is 0 Å². The molecule has 0 nitrogen and oxygen atoms in total. The third kappa shape index (κ3) is 7.16. The van der Waals surface area contributed by atoms with E-state index in [0.717, 1.165) is 6.42 Å². The van der Waals surface area contributed by atoms with Gasteiger partial charge in [-0.2, -0.15) is 0 Å². The van der Waals surface area contributed by atoms with Gasteiger partial charge in [0.25, 0.3) is 0 Å². The van der Waals surface area contributed by atoms with Gasteiger partial charge in [0.05, 0.1) is 0 Å². The van der Waals surface area contributed by atoms with Gasteiger partial charge < -0.3 is 35.0 Å². The van der Waals surface area contributed by atoms with Crippen LogP contribution in [-0.4, -0.2) is 0 Å². The minimum atomic E-state index is 0. The maximum Gasteiger partial charge on any atom is 0.0164 e. The van der Waals surface area contributed by atoms with Crippen LogP contribution in [0.25, 0.3) is 0 Å². The van der Waals surface area contributed by atoms with Crippen molar-refractivity contribution in [1.29, 1.82) is 0 Å². The van der Waals surface area contributed by atoms with Gasteiger partial charge in [-0.25, -0.2) is 0 Å². The van der Waals surface area contributed by atoms with Crippen molar-refractivity contribution in [3.05, 3.63) is 46.4 Å². The molecule has 2 rings (SSSR count). The van der Waals surface area contributed by atoms with Crippen LogP contribution in [0.15, 0.2) is 18.2 Å². The minimum absolute atomic E-state index is 0. The van der Waals surface area contributed by atoms with Gasteiger partial charge in [-0.05, 0) is 25.0 Å². The van der Waals surface area contributed by atoms with Crippen LogP contribution in [0.4, 0.5) is 0 Å². The maximum absolute atomic E-state index is 2.29. The van der Waals surface area contributed by atoms with Crippen LogP contribution in [0.2, 0.25) is 0 Å². The van der Waals surface area contributed by atoms with Gasteiger partial charge in [0.15, 0.2) is 0 Å². The number of aryl methyl sites for hydroxylation is 2. The Bertz CT molecular complexity index is 326. The van der Waals surface area contributed by atoms with Crippen LogP contribution in [0.1, 0.15) is 27.7 Å². The second-order valence-electron chi connectivity index (χ2n) is 3.53. The van der Waals surface area contributed by atoms with E-state index in [1.807, 2.05) is 23.5 Å². The predicted molar refractivity (Wildman–Crippen MR) is 67.1 cm³/mol. The van der Waals surface area contributed by atoms with Crippen LogP contribution < -0.4 is 0 Å². The van der Waals surface area contributed by atoms with Crippen molar-refractivity contribution in [2.24, 2.45) is 0 Å². The molecule has 1 aliphatic heterocycles. The molecule has 0 amide bonds. The molecule has 1 heterocycles. The number of hydrogen-bond donors (Lipinski definition) is 0. The largest absolute Gasteiger partial charge is 0.338 e. The van der Waals surface area contributed by atoms with Gasteiger partial charge in [-0.15, -0.1) is 0 Å². The van der Waals surface area contributed by atoms with Crippen LogP contribution in [0, 0.1) is 25.4 Å². The summed E-state index contributed by atoms with van der Waals surface area (Å²) in [6.45, 7) is 4.36. The first-order valence-corrected chi connectivity index (χ1v) is 6.67. The first kappa shape index (κ1) is 22.5. The Hall–Kier alpha value is 3.23. The fraction of sp³-hybridized carbons (Fsp3) is 0.333. The summed E-state index contributed by atoms with van der Waals surface area (Å²) in [5.41, 5.74) is 4.24. The fourth-order valence-corrected chi connectivity index (χ4v) is 4.03. The van der Waals surface area contributed by atoms with Crippen molar-refractivity contribution in [1.82, 2.24) is 0 Å². The number of hydrogen-bond acceptors (Lipinski definition) is 2. The zero-order chi connectivity index (χ0) is 9.97. The fourth-order valence-electron chi connectivity index (χ4n) is 1.59. The SMILES string of the molecule is Cc1ccc(C2S[CH-]C[CH-]S2)c(C)c1.[Y].[Y].[Y]. The van der Waals surface area contributed by atoms with Gasteiger partial charge in [0, 0.05) is 103 Å². The predicted octanol–water partition coefficient (Wildman–Crippen LogP) is 4.49. The molecule has 0 bridgehead atoms. The van der Waals surface area contributed by atoms with Crippen LogP contribution in [0.3, 0.4) is 0 Å². The van der Waals surface area contributed by atoms with E-state index >= 15 is 0 Å². The Morgan fingerprint density at radius 1 is 1.06 bits per heavy atom. The van der Waals surface area contributed by atoms with Gasteiger partial charge in [0.1, 0.15) is 0 Å². The monoisotopic (exact) mass is 489 g/mol. The molecule has 0 spiro atoms. The molecule has 85 valence electrons. The molecule has 0 aliphatic carbocycles. The average Bonchev–Trinajstić information content (AvgIpc) is 2.19. The van der Waals surface area contributed by atoms with Gasteiger partial charge in [-0.3, -0.25) is 6.42 Å². The molecule has 1 aromatic rings. The quantitative estimate of drug-likeness (QED) is 0.534. The molecule has 1 fully saturated rings. The van der Waals surface area contributed by atoms with E-state index in [1.165, 1.54) is 16.7 Å².